The van der Waals surface area contributed by atoms with E-state index in [4.69, 9.17) is 4.74 Å². The number of esters is 1. The van der Waals surface area contributed by atoms with Gasteiger partial charge in [-0.2, -0.15) is 5.10 Å². The maximum absolute atomic E-state index is 12.2. The Morgan fingerprint density at radius 2 is 1.91 bits per heavy atom. The molecule has 32 heavy (non-hydrogen) atoms. The van der Waals surface area contributed by atoms with Crippen molar-refractivity contribution in [2.75, 3.05) is 25.2 Å². The first-order chi connectivity index (χ1) is 15.1. The summed E-state index contributed by atoms with van der Waals surface area (Å²) in [6.45, 7) is 6.05. The van der Waals surface area contributed by atoms with Gasteiger partial charge in [0.1, 0.15) is 0 Å². The van der Waals surface area contributed by atoms with Crippen molar-refractivity contribution in [2.24, 2.45) is 0 Å². The van der Waals surface area contributed by atoms with E-state index in [9.17, 15) is 18.0 Å². The van der Waals surface area contributed by atoms with Crippen molar-refractivity contribution in [3.8, 4) is 0 Å². The number of carbonyl (C=O) groups excluding carboxylic acids is 2. The molecule has 2 heterocycles. The van der Waals surface area contributed by atoms with Crippen LogP contribution in [0.3, 0.4) is 0 Å². The summed E-state index contributed by atoms with van der Waals surface area (Å²) < 4.78 is 30.1. The minimum absolute atomic E-state index is 0.0474. The summed E-state index contributed by atoms with van der Waals surface area (Å²) in [5.74, 6) is -1.04. The molecule has 1 aliphatic heterocycles. The third-order valence-electron chi connectivity index (χ3n) is 5.76. The largest absolute Gasteiger partial charge is 0.452 e. The van der Waals surface area contributed by atoms with E-state index in [2.05, 4.69) is 29.4 Å². The van der Waals surface area contributed by atoms with Crippen LogP contribution in [0, 0.1) is 20.8 Å². The van der Waals surface area contributed by atoms with Crippen LogP contribution in [0.15, 0.2) is 30.3 Å². The van der Waals surface area contributed by atoms with E-state index in [0.717, 1.165) is 22.5 Å². The summed E-state index contributed by atoms with van der Waals surface area (Å²) in [6, 6.07) is 7.87. The minimum Gasteiger partial charge on any atom is -0.452 e. The van der Waals surface area contributed by atoms with Crippen LogP contribution in [0.25, 0.3) is 6.08 Å². The maximum Gasteiger partial charge on any atom is 0.331 e. The van der Waals surface area contributed by atoms with Crippen LogP contribution in [0.1, 0.15) is 34.5 Å². The van der Waals surface area contributed by atoms with Crippen LogP contribution in [0.5, 0.6) is 0 Å². The first-order valence-corrected chi connectivity index (χ1v) is 12.3. The van der Waals surface area contributed by atoms with Gasteiger partial charge in [-0.3, -0.25) is 9.48 Å². The number of sulfone groups is 1. The van der Waals surface area contributed by atoms with E-state index < -0.39 is 28.3 Å². The lowest BCUT2D eigenvalue weighted by Gasteiger charge is -2.22. The van der Waals surface area contributed by atoms with Gasteiger partial charge in [-0.15, -0.1) is 0 Å². The van der Waals surface area contributed by atoms with Crippen molar-refractivity contribution in [3.63, 3.8) is 0 Å². The van der Waals surface area contributed by atoms with E-state index in [0.29, 0.717) is 13.0 Å². The summed E-state index contributed by atoms with van der Waals surface area (Å²) >= 11 is 0. The monoisotopic (exact) mass is 459 g/mol. The molecule has 1 saturated heterocycles. The molecule has 0 bridgehead atoms. The Morgan fingerprint density at radius 1 is 1.22 bits per heavy atom. The predicted octanol–water partition coefficient (Wildman–Crippen LogP) is 2.06. The highest BCUT2D eigenvalue weighted by Crippen LogP contribution is 2.18. The molecule has 8 nitrogen and oxygen atoms in total. The molecule has 1 aliphatic rings. The smallest absolute Gasteiger partial charge is 0.331 e. The normalized spacial score (nSPS) is 17.6. The molecule has 2 aromatic rings. The van der Waals surface area contributed by atoms with Gasteiger partial charge in [-0.25, -0.2) is 13.2 Å². The third kappa shape index (κ3) is 5.85. The first kappa shape index (κ1) is 23.7. The molecule has 3 rings (SSSR count). The van der Waals surface area contributed by atoms with E-state index >= 15 is 0 Å². The van der Waals surface area contributed by atoms with E-state index in [1.165, 1.54) is 23.6 Å². The molecule has 0 saturated carbocycles. The van der Waals surface area contributed by atoms with Crippen LogP contribution in [0.4, 0.5) is 0 Å². The Morgan fingerprint density at radius 3 is 2.53 bits per heavy atom. The number of nitrogens with zero attached hydrogens (tertiary/aromatic N) is 3. The molecule has 0 spiro atoms. The van der Waals surface area contributed by atoms with Gasteiger partial charge in [0, 0.05) is 30.4 Å². The fourth-order valence-electron chi connectivity index (χ4n) is 3.69. The zero-order chi connectivity index (χ0) is 23.5. The van der Waals surface area contributed by atoms with Crippen LogP contribution < -0.4 is 0 Å². The zero-order valence-electron chi connectivity index (χ0n) is 18.9. The molecular weight excluding hydrogens is 430 g/mol. The van der Waals surface area contributed by atoms with Gasteiger partial charge in [-0.05, 0) is 38.8 Å². The number of ether oxygens (including phenoxy) is 1. The lowest BCUT2D eigenvalue weighted by molar-refractivity contribution is -0.148. The summed E-state index contributed by atoms with van der Waals surface area (Å²) in [4.78, 5) is 25.7. The fraction of sp³-hybridized carbons (Fsp3) is 0.435. The highest BCUT2D eigenvalue weighted by atomic mass is 32.2. The Labute approximate surface area is 188 Å². The molecule has 1 aromatic carbocycles. The zero-order valence-corrected chi connectivity index (χ0v) is 19.7. The van der Waals surface area contributed by atoms with Crippen molar-refractivity contribution < 1.29 is 22.7 Å². The van der Waals surface area contributed by atoms with Crippen molar-refractivity contribution in [1.29, 1.82) is 0 Å². The number of likely N-dealkylation sites (N-methyl/N-ethyl adjacent to an activating group) is 1. The quantitative estimate of drug-likeness (QED) is 0.464. The summed E-state index contributed by atoms with van der Waals surface area (Å²) in [5, 5.41) is 4.56. The van der Waals surface area contributed by atoms with Crippen LogP contribution >= 0.6 is 0 Å². The van der Waals surface area contributed by atoms with Crippen molar-refractivity contribution in [3.05, 3.63) is 58.4 Å². The Hall–Kier alpha value is -2.94. The number of hydrogen-bond donors (Lipinski definition) is 0. The average Bonchev–Trinajstić information content (AvgIpc) is 3.24. The number of carbonyl (C=O) groups is 2. The van der Waals surface area contributed by atoms with Gasteiger partial charge in [0.15, 0.2) is 16.4 Å². The van der Waals surface area contributed by atoms with Crippen molar-refractivity contribution in [2.45, 2.75) is 39.8 Å². The second kappa shape index (κ2) is 9.68. The molecule has 0 N–H and O–H groups in total. The van der Waals surface area contributed by atoms with Gasteiger partial charge in [0.2, 0.25) is 0 Å². The Balaban J connectivity index is 1.56. The van der Waals surface area contributed by atoms with Gasteiger partial charge in [-0.1, -0.05) is 29.8 Å². The van der Waals surface area contributed by atoms with Gasteiger partial charge in [0.25, 0.3) is 5.91 Å². The second-order valence-electron chi connectivity index (χ2n) is 8.23. The van der Waals surface area contributed by atoms with Crippen molar-refractivity contribution >= 4 is 27.8 Å². The molecule has 0 radical (unpaired) electrons. The second-order valence-corrected chi connectivity index (χ2v) is 10.5. The van der Waals surface area contributed by atoms with E-state index in [1.807, 2.05) is 25.5 Å². The third-order valence-corrected chi connectivity index (χ3v) is 7.51. The Kier molecular flexibility index (Phi) is 7.18. The van der Waals surface area contributed by atoms with Crippen LogP contribution in [0.2, 0.25) is 0 Å². The molecule has 1 atom stereocenters. The minimum atomic E-state index is -3.09. The lowest BCUT2D eigenvalue weighted by atomic mass is 10.1. The Bertz CT molecular complexity index is 1130. The number of aromatic nitrogens is 2. The highest BCUT2D eigenvalue weighted by molar-refractivity contribution is 7.91. The molecule has 1 fully saturated rings. The molecular formula is C23H29N3O5S. The number of aryl methyl sites for hydroxylation is 2. The topological polar surface area (TPSA) is 98.6 Å². The summed E-state index contributed by atoms with van der Waals surface area (Å²) in [6.07, 6.45) is 3.33. The molecule has 1 aromatic heterocycles. The number of hydrogen-bond acceptors (Lipinski definition) is 6. The molecule has 1 amide bonds. The van der Waals surface area contributed by atoms with Gasteiger partial charge in [0.05, 0.1) is 23.7 Å². The van der Waals surface area contributed by atoms with Crippen molar-refractivity contribution in [1.82, 2.24) is 14.7 Å². The fourth-order valence-corrected chi connectivity index (χ4v) is 5.47. The molecule has 1 unspecified atom stereocenters. The predicted molar refractivity (Wildman–Crippen MR) is 122 cm³/mol. The number of rotatable bonds is 7. The van der Waals surface area contributed by atoms with Crippen LogP contribution in [-0.2, 0) is 30.7 Å². The van der Waals surface area contributed by atoms with Gasteiger partial charge >= 0.3 is 5.97 Å². The first-order valence-electron chi connectivity index (χ1n) is 10.5. The van der Waals surface area contributed by atoms with E-state index in [1.54, 1.807) is 6.08 Å². The van der Waals surface area contributed by atoms with E-state index in [-0.39, 0.29) is 17.5 Å². The summed E-state index contributed by atoms with van der Waals surface area (Å²) in [5.41, 5.74) is 4.87. The van der Waals surface area contributed by atoms with Crippen LogP contribution in [-0.4, -0.2) is 66.2 Å². The summed E-state index contributed by atoms with van der Waals surface area (Å²) in [7, 11) is -1.56. The lowest BCUT2D eigenvalue weighted by Crippen LogP contribution is -2.40. The SMILES string of the molecule is Cc1ccc(Cn2nc(C)c(/C=C/C(=O)OCC(=O)N(C)C3CCS(=O)(=O)C3)c2C)cc1. The molecule has 0 aliphatic carbocycles. The maximum atomic E-state index is 12.2. The van der Waals surface area contributed by atoms with Gasteiger partial charge < -0.3 is 9.64 Å². The highest BCUT2D eigenvalue weighted by Gasteiger charge is 2.32. The molecule has 9 heteroatoms. The standard InChI is InChI=1S/C23H29N3O5S/c1-16-5-7-19(8-6-16)13-26-18(3)21(17(2)24-26)9-10-23(28)31-14-22(27)25(4)20-11-12-32(29,30)15-20/h5-10,20H,11-15H2,1-4H3/b10-9+. The average molecular weight is 460 g/mol. The number of amides is 1. The number of benzene rings is 1. The molecule has 172 valence electrons.